The maximum atomic E-state index is 14.1. The van der Waals surface area contributed by atoms with Crippen molar-refractivity contribution in [1.82, 2.24) is 14.9 Å². The van der Waals surface area contributed by atoms with Gasteiger partial charge in [0.1, 0.15) is 17.5 Å². The Morgan fingerprint density at radius 2 is 1.94 bits per heavy atom. The number of benzene rings is 2. The standard InChI is InChI=1S/C26H27F2N5O2/c1-35-11-10-33-8-4-19(5-9-33)31-20-2-3-22-21(15-20)24(26(34)32-22)23(25-29-6-7-30-25)16-12-17(27)14-18(28)13-16/h2-3,6-7,12-15,19,31H,4-5,8-11H2,1H3,(H,29,30)(H,32,34). The van der Waals surface area contributed by atoms with Gasteiger partial charge in [0, 0.05) is 73.8 Å². The third kappa shape index (κ3) is 4.96. The average molecular weight is 480 g/mol. The maximum Gasteiger partial charge on any atom is 0.257 e. The van der Waals surface area contributed by atoms with Gasteiger partial charge in [-0.25, -0.2) is 13.8 Å². The predicted octanol–water partition coefficient (Wildman–Crippen LogP) is 4.12. The Kier molecular flexibility index (Phi) is 6.61. The fourth-order valence-corrected chi connectivity index (χ4v) is 4.76. The van der Waals surface area contributed by atoms with Crippen molar-refractivity contribution in [2.75, 3.05) is 44.0 Å². The van der Waals surface area contributed by atoms with E-state index in [2.05, 4.69) is 25.5 Å². The van der Waals surface area contributed by atoms with Crippen molar-refractivity contribution in [3.05, 3.63) is 77.4 Å². The van der Waals surface area contributed by atoms with Gasteiger partial charge in [-0.3, -0.25) is 4.79 Å². The minimum Gasteiger partial charge on any atom is -0.383 e. The predicted molar refractivity (Wildman–Crippen MR) is 131 cm³/mol. The first-order valence-corrected chi connectivity index (χ1v) is 11.7. The number of hydrogen-bond donors (Lipinski definition) is 3. The number of nitrogens with zero attached hydrogens (tertiary/aromatic N) is 2. The number of carbonyl (C=O) groups excluding carboxylic acids is 1. The number of aromatic nitrogens is 2. The van der Waals surface area contributed by atoms with Crippen LogP contribution in [0.4, 0.5) is 20.2 Å². The third-order valence-corrected chi connectivity index (χ3v) is 6.47. The Labute approximate surface area is 202 Å². The molecule has 0 saturated carbocycles. The molecular weight excluding hydrogens is 452 g/mol. The molecular formula is C26H27F2N5O2. The first-order chi connectivity index (χ1) is 17.0. The zero-order chi connectivity index (χ0) is 24.4. The molecule has 35 heavy (non-hydrogen) atoms. The van der Waals surface area contributed by atoms with Gasteiger partial charge in [-0.05, 0) is 48.7 Å². The summed E-state index contributed by atoms with van der Waals surface area (Å²) in [5, 5.41) is 6.46. The van der Waals surface area contributed by atoms with Gasteiger partial charge in [-0.2, -0.15) is 0 Å². The van der Waals surface area contributed by atoms with Gasteiger partial charge in [0.15, 0.2) is 0 Å². The molecule has 0 spiro atoms. The molecule has 2 aliphatic heterocycles. The molecule has 3 aromatic rings. The maximum absolute atomic E-state index is 14.1. The Morgan fingerprint density at radius 1 is 1.17 bits per heavy atom. The number of fused-ring (bicyclic) bond motifs is 1. The van der Waals surface area contributed by atoms with Crippen LogP contribution in [0.3, 0.4) is 0 Å². The van der Waals surface area contributed by atoms with Crippen LogP contribution in [-0.2, 0) is 9.53 Å². The number of rotatable bonds is 7. The van der Waals surface area contributed by atoms with Crippen molar-refractivity contribution in [1.29, 1.82) is 0 Å². The second-order valence-corrected chi connectivity index (χ2v) is 8.81. The molecule has 7 nitrogen and oxygen atoms in total. The first-order valence-electron chi connectivity index (χ1n) is 11.7. The molecule has 1 fully saturated rings. The highest BCUT2D eigenvalue weighted by Crippen LogP contribution is 2.40. The SMILES string of the molecule is COCCN1CCC(Nc2ccc3c(c2)C(=C(c2cc(F)cc(F)c2)c2ncc[nH]2)C(=O)N3)CC1. The second-order valence-electron chi connectivity index (χ2n) is 8.81. The number of imidazole rings is 1. The van der Waals surface area contributed by atoms with Crippen molar-refractivity contribution in [3.63, 3.8) is 0 Å². The van der Waals surface area contributed by atoms with Crippen LogP contribution in [-0.4, -0.2) is 60.2 Å². The summed E-state index contributed by atoms with van der Waals surface area (Å²) in [4.78, 5) is 22.8. The number of H-pyrrole nitrogens is 1. The molecule has 182 valence electrons. The lowest BCUT2D eigenvalue weighted by Crippen LogP contribution is -2.40. The van der Waals surface area contributed by atoms with Crippen LogP contribution in [0.5, 0.6) is 0 Å². The number of ether oxygens (including phenoxy) is 1. The van der Waals surface area contributed by atoms with Crippen LogP contribution >= 0.6 is 0 Å². The van der Waals surface area contributed by atoms with Crippen LogP contribution in [0.2, 0.25) is 0 Å². The van der Waals surface area contributed by atoms with Gasteiger partial charge in [0.2, 0.25) is 0 Å². The lowest BCUT2D eigenvalue weighted by molar-refractivity contribution is -0.110. The quantitative estimate of drug-likeness (QED) is 0.444. The third-order valence-electron chi connectivity index (χ3n) is 6.47. The summed E-state index contributed by atoms with van der Waals surface area (Å²) in [6.45, 7) is 3.64. The molecule has 1 aromatic heterocycles. The Bertz CT molecular complexity index is 1230. The fourth-order valence-electron chi connectivity index (χ4n) is 4.76. The van der Waals surface area contributed by atoms with E-state index in [4.69, 9.17) is 4.74 Å². The monoisotopic (exact) mass is 479 g/mol. The second kappa shape index (κ2) is 9.97. The highest BCUT2D eigenvalue weighted by Gasteiger charge is 2.31. The molecule has 0 bridgehead atoms. The van der Waals surface area contributed by atoms with E-state index in [1.54, 1.807) is 13.3 Å². The minimum absolute atomic E-state index is 0.234. The number of likely N-dealkylation sites (tertiary alicyclic amines) is 1. The summed E-state index contributed by atoms with van der Waals surface area (Å²) < 4.78 is 33.4. The zero-order valence-electron chi connectivity index (χ0n) is 19.4. The van der Waals surface area contributed by atoms with E-state index in [-0.39, 0.29) is 11.5 Å². The van der Waals surface area contributed by atoms with Gasteiger partial charge < -0.3 is 25.3 Å². The number of hydrogen-bond acceptors (Lipinski definition) is 5. The number of nitrogens with one attached hydrogen (secondary N) is 3. The van der Waals surface area contributed by atoms with Crippen LogP contribution in [0.1, 0.15) is 29.8 Å². The molecule has 5 rings (SSSR count). The van der Waals surface area contributed by atoms with E-state index < -0.39 is 11.6 Å². The summed E-state index contributed by atoms with van der Waals surface area (Å²) >= 11 is 0. The van der Waals surface area contributed by atoms with Crippen molar-refractivity contribution in [2.45, 2.75) is 18.9 Å². The molecule has 2 aromatic carbocycles. The molecule has 0 atom stereocenters. The van der Waals surface area contributed by atoms with Crippen molar-refractivity contribution >= 4 is 28.4 Å². The van der Waals surface area contributed by atoms with E-state index in [0.717, 1.165) is 50.8 Å². The largest absolute Gasteiger partial charge is 0.383 e. The Hall–Kier alpha value is -3.56. The number of anilines is 2. The molecule has 2 aliphatic rings. The highest BCUT2D eigenvalue weighted by atomic mass is 19.1. The van der Waals surface area contributed by atoms with Crippen LogP contribution in [0, 0.1) is 11.6 Å². The van der Waals surface area contributed by atoms with E-state index in [9.17, 15) is 13.6 Å². The number of carbonyl (C=O) groups is 1. The molecule has 0 aliphatic carbocycles. The highest BCUT2D eigenvalue weighted by molar-refractivity contribution is 6.38. The number of methoxy groups -OCH3 is 1. The summed E-state index contributed by atoms with van der Waals surface area (Å²) in [7, 11) is 1.71. The zero-order valence-corrected chi connectivity index (χ0v) is 19.4. The van der Waals surface area contributed by atoms with Gasteiger partial charge >= 0.3 is 0 Å². The average Bonchev–Trinajstić information content (AvgIpc) is 3.47. The normalized spacial score (nSPS) is 17.9. The van der Waals surface area contributed by atoms with Gasteiger partial charge in [0.05, 0.1) is 12.2 Å². The van der Waals surface area contributed by atoms with E-state index in [0.29, 0.717) is 34.3 Å². The number of aromatic amines is 1. The van der Waals surface area contributed by atoms with Crippen molar-refractivity contribution in [2.24, 2.45) is 0 Å². The summed E-state index contributed by atoms with van der Waals surface area (Å²) in [6.07, 6.45) is 5.15. The molecule has 1 amide bonds. The summed E-state index contributed by atoms with van der Waals surface area (Å²) in [5.41, 5.74) is 3.08. The van der Waals surface area contributed by atoms with Crippen LogP contribution in [0.25, 0.3) is 11.1 Å². The lowest BCUT2D eigenvalue weighted by atomic mass is 9.94. The molecule has 0 unspecified atom stereocenters. The van der Waals surface area contributed by atoms with Gasteiger partial charge in [-0.15, -0.1) is 0 Å². The minimum atomic E-state index is -0.726. The fraction of sp³-hybridized carbons (Fsp3) is 0.308. The number of piperidine rings is 1. The molecule has 3 N–H and O–H groups in total. The summed E-state index contributed by atoms with van der Waals surface area (Å²) in [6, 6.07) is 9.23. The molecule has 3 heterocycles. The van der Waals surface area contributed by atoms with E-state index in [1.807, 2.05) is 18.2 Å². The van der Waals surface area contributed by atoms with Gasteiger partial charge in [0.25, 0.3) is 5.91 Å². The smallest absolute Gasteiger partial charge is 0.257 e. The number of halogens is 2. The van der Waals surface area contributed by atoms with E-state index in [1.165, 1.54) is 18.3 Å². The van der Waals surface area contributed by atoms with E-state index >= 15 is 0 Å². The first kappa shape index (κ1) is 23.2. The lowest BCUT2D eigenvalue weighted by Gasteiger charge is -2.32. The topological polar surface area (TPSA) is 82.3 Å². The van der Waals surface area contributed by atoms with Crippen molar-refractivity contribution < 1.29 is 18.3 Å². The number of amides is 1. The van der Waals surface area contributed by atoms with Crippen molar-refractivity contribution in [3.8, 4) is 0 Å². The van der Waals surface area contributed by atoms with Crippen LogP contribution in [0.15, 0.2) is 48.8 Å². The molecule has 0 radical (unpaired) electrons. The molecule has 9 heteroatoms. The Morgan fingerprint density at radius 3 is 2.63 bits per heavy atom. The molecule has 1 saturated heterocycles. The Balaban J connectivity index is 1.48. The van der Waals surface area contributed by atoms with Crippen LogP contribution < -0.4 is 10.6 Å². The van der Waals surface area contributed by atoms with Gasteiger partial charge in [-0.1, -0.05) is 0 Å². The summed E-state index contributed by atoms with van der Waals surface area (Å²) in [5.74, 6) is -1.44.